The highest BCUT2D eigenvalue weighted by molar-refractivity contribution is 6.09. The number of imide groups is 1. The van der Waals surface area contributed by atoms with Crippen LogP contribution in [0, 0.1) is 11.8 Å². The Labute approximate surface area is 225 Å². The number of amides is 4. The molecule has 0 saturated carbocycles. The van der Waals surface area contributed by atoms with Crippen molar-refractivity contribution in [1.82, 2.24) is 10.2 Å². The molecule has 0 spiro atoms. The maximum absolute atomic E-state index is 13.1. The summed E-state index contributed by atoms with van der Waals surface area (Å²) in [5, 5.41) is 17.4. The van der Waals surface area contributed by atoms with E-state index in [0.29, 0.717) is 5.69 Å². The molecule has 4 amide bonds. The summed E-state index contributed by atoms with van der Waals surface area (Å²) in [5.74, 6) is -2.42. The second kappa shape index (κ2) is 11.5. The molecule has 0 radical (unpaired) electrons. The number of β-lactam (4-membered cyclic amide) rings is 1. The number of fused-ring (bicyclic) bond motifs is 1. The highest BCUT2D eigenvalue weighted by atomic mass is 16.5. The van der Waals surface area contributed by atoms with Gasteiger partial charge >= 0.3 is 12.0 Å². The zero-order valence-electron chi connectivity index (χ0n) is 22.1. The van der Waals surface area contributed by atoms with E-state index in [1.54, 1.807) is 26.0 Å². The molecule has 0 unspecified atom stereocenters. The molecule has 3 aromatic carbocycles. The number of esters is 1. The lowest BCUT2D eigenvalue weighted by Gasteiger charge is -2.45. The van der Waals surface area contributed by atoms with Gasteiger partial charge < -0.3 is 25.2 Å². The molecule has 3 aromatic rings. The molecule has 10 nitrogen and oxygen atoms in total. The Balaban J connectivity index is 1.48. The first kappa shape index (κ1) is 27.6. The summed E-state index contributed by atoms with van der Waals surface area (Å²) in [4.78, 5) is 51.5. The van der Waals surface area contributed by atoms with Gasteiger partial charge in [0, 0.05) is 10.9 Å². The number of urea groups is 1. The number of hydrogen-bond acceptors (Lipinski definition) is 7. The molecule has 39 heavy (non-hydrogen) atoms. The minimum absolute atomic E-state index is 0.177. The fourth-order valence-corrected chi connectivity index (χ4v) is 4.46. The van der Waals surface area contributed by atoms with Crippen LogP contribution in [0.5, 0.6) is 5.75 Å². The van der Waals surface area contributed by atoms with Gasteiger partial charge in [-0.25, -0.2) is 14.5 Å². The van der Waals surface area contributed by atoms with Crippen LogP contribution < -0.4 is 15.4 Å². The molecule has 1 aliphatic heterocycles. The summed E-state index contributed by atoms with van der Waals surface area (Å²) in [6, 6.07) is 17.5. The SMILES string of the molecule is COC(=O)[C@@H](NC(=O)c1ccc(O[C@@H]2[C@@H]([C@@H](C)O)C(=O)N2C(=O)Nc2cccc3ccccc23)cc1)C(C)C. The van der Waals surface area contributed by atoms with E-state index in [9.17, 15) is 24.3 Å². The van der Waals surface area contributed by atoms with Crippen LogP contribution in [-0.4, -0.2) is 59.3 Å². The molecular weight excluding hydrogens is 502 g/mol. The number of likely N-dealkylation sites (tertiary alicyclic amines) is 1. The fourth-order valence-electron chi connectivity index (χ4n) is 4.46. The van der Waals surface area contributed by atoms with Gasteiger partial charge in [-0.1, -0.05) is 50.2 Å². The van der Waals surface area contributed by atoms with E-state index in [-0.39, 0.29) is 17.2 Å². The third-order valence-electron chi connectivity index (χ3n) is 6.64. The van der Waals surface area contributed by atoms with Crippen LogP contribution in [0.25, 0.3) is 10.8 Å². The number of nitrogens with one attached hydrogen (secondary N) is 2. The molecule has 0 aliphatic carbocycles. The van der Waals surface area contributed by atoms with Crippen molar-refractivity contribution in [3.05, 3.63) is 72.3 Å². The van der Waals surface area contributed by atoms with E-state index < -0.39 is 48.1 Å². The lowest BCUT2D eigenvalue weighted by atomic mass is 9.91. The topological polar surface area (TPSA) is 134 Å². The first-order valence-electron chi connectivity index (χ1n) is 12.6. The summed E-state index contributed by atoms with van der Waals surface area (Å²) < 4.78 is 10.7. The van der Waals surface area contributed by atoms with E-state index in [1.807, 2.05) is 30.3 Å². The second-order valence-electron chi connectivity index (χ2n) is 9.68. The molecule has 4 rings (SSSR count). The summed E-state index contributed by atoms with van der Waals surface area (Å²) in [6.45, 7) is 5.04. The number of benzene rings is 3. The quantitative estimate of drug-likeness (QED) is 0.298. The monoisotopic (exact) mass is 533 g/mol. The molecule has 0 aromatic heterocycles. The summed E-state index contributed by atoms with van der Waals surface area (Å²) >= 11 is 0. The van der Waals surface area contributed by atoms with Crippen LogP contribution >= 0.6 is 0 Å². The van der Waals surface area contributed by atoms with Gasteiger partial charge in [-0.3, -0.25) is 9.59 Å². The molecule has 1 heterocycles. The van der Waals surface area contributed by atoms with Crippen LogP contribution in [0.1, 0.15) is 31.1 Å². The number of carbonyl (C=O) groups excluding carboxylic acids is 4. The summed E-state index contributed by atoms with van der Waals surface area (Å²) in [5.41, 5.74) is 0.811. The Bertz CT molecular complexity index is 1380. The van der Waals surface area contributed by atoms with E-state index in [2.05, 4.69) is 10.6 Å². The van der Waals surface area contributed by atoms with Crippen molar-refractivity contribution in [2.24, 2.45) is 11.8 Å². The first-order valence-corrected chi connectivity index (χ1v) is 12.6. The van der Waals surface area contributed by atoms with Crippen molar-refractivity contribution in [2.75, 3.05) is 12.4 Å². The average Bonchev–Trinajstić information content (AvgIpc) is 2.91. The average molecular weight is 534 g/mol. The Kier molecular flexibility index (Phi) is 8.15. The number of aliphatic hydroxyl groups is 1. The van der Waals surface area contributed by atoms with Gasteiger partial charge in [0.25, 0.3) is 5.91 Å². The zero-order chi connectivity index (χ0) is 28.3. The van der Waals surface area contributed by atoms with Crippen LogP contribution in [0.4, 0.5) is 10.5 Å². The number of ether oxygens (including phenoxy) is 2. The molecule has 1 saturated heterocycles. The number of anilines is 1. The molecule has 1 fully saturated rings. The number of aliphatic hydroxyl groups excluding tert-OH is 1. The molecule has 10 heteroatoms. The highest BCUT2D eigenvalue weighted by Crippen LogP contribution is 2.33. The number of rotatable bonds is 8. The molecule has 4 atom stereocenters. The maximum atomic E-state index is 13.1. The minimum Gasteiger partial charge on any atom is -0.469 e. The highest BCUT2D eigenvalue weighted by Gasteiger charge is 2.55. The standard InChI is InChI=1S/C29H31N3O7/c1-16(2)24(28(36)38-4)31-25(34)19-12-14-20(15-13-19)39-27-23(17(3)33)26(35)32(27)29(37)30-22-11-7-9-18-8-5-6-10-21(18)22/h5-17,23-24,27,33H,1-4H3,(H,30,37)(H,31,34)/t17-,23+,24+,27-/m1/s1. The largest absolute Gasteiger partial charge is 0.469 e. The lowest BCUT2D eigenvalue weighted by molar-refractivity contribution is -0.176. The van der Waals surface area contributed by atoms with Gasteiger partial charge in [0.1, 0.15) is 17.7 Å². The fraction of sp³-hybridized carbons (Fsp3) is 0.310. The molecule has 204 valence electrons. The predicted octanol–water partition coefficient (Wildman–Crippen LogP) is 3.54. The normalized spacial score (nSPS) is 18.2. The van der Waals surface area contributed by atoms with Crippen LogP contribution in [0.15, 0.2) is 66.7 Å². The Morgan fingerprint density at radius 3 is 2.26 bits per heavy atom. The first-order chi connectivity index (χ1) is 18.6. The second-order valence-corrected chi connectivity index (χ2v) is 9.68. The van der Waals surface area contributed by atoms with E-state index >= 15 is 0 Å². The number of nitrogens with zero attached hydrogens (tertiary/aromatic N) is 1. The van der Waals surface area contributed by atoms with Crippen LogP contribution in [0.2, 0.25) is 0 Å². The minimum atomic E-state index is -1.06. The summed E-state index contributed by atoms with van der Waals surface area (Å²) in [6.07, 6.45) is -2.11. The van der Waals surface area contributed by atoms with Crippen LogP contribution in [0.3, 0.4) is 0 Å². The molecule has 0 bridgehead atoms. The van der Waals surface area contributed by atoms with Gasteiger partial charge in [0.05, 0.1) is 18.9 Å². The van der Waals surface area contributed by atoms with Crippen molar-refractivity contribution < 1.29 is 33.8 Å². The van der Waals surface area contributed by atoms with Gasteiger partial charge in [-0.05, 0) is 48.6 Å². The lowest BCUT2D eigenvalue weighted by Crippen LogP contribution is -2.69. The van der Waals surface area contributed by atoms with E-state index in [0.717, 1.165) is 15.7 Å². The zero-order valence-corrected chi connectivity index (χ0v) is 22.1. The van der Waals surface area contributed by atoms with Gasteiger partial charge in [0.15, 0.2) is 6.23 Å². The van der Waals surface area contributed by atoms with Crippen molar-refractivity contribution >= 4 is 40.3 Å². The Hall–Kier alpha value is -4.44. The number of carbonyl (C=O) groups is 4. The maximum Gasteiger partial charge on any atom is 0.331 e. The van der Waals surface area contributed by atoms with E-state index in [1.165, 1.54) is 38.3 Å². The Morgan fingerprint density at radius 1 is 0.949 bits per heavy atom. The molecule has 1 aliphatic rings. The van der Waals surface area contributed by atoms with Crippen molar-refractivity contribution in [1.29, 1.82) is 0 Å². The molecule has 3 N–H and O–H groups in total. The Morgan fingerprint density at radius 2 is 1.62 bits per heavy atom. The van der Waals surface area contributed by atoms with Gasteiger partial charge in [-0.15, -0.1) is 0 Å². The summed E-state index contributed by atoms with van der Waals surface area (Å²) in [7, 11) is 1.26. The van der Waals surface area contributed by atoms with Crippen molar-refractivity contribution in [3.8, 4) is 5.75 Å². The molecular formula is C29H31N3O7. The van der Waals surface area contributed by atoms with Gasteiger partial charge in [0.2, 0.25) is 5.91 Å². The van der Waals surface area contributed by atoms with Crippen molar-refractivity contribution in [3.63, 3.8) is 0 Å². The van der Waals surface area contributed by atoms with Crippen LogP contribution in [-0.2, 0) is 14.3 Å². The van der Waals surface area contributed by atoms with Crippen molar-refractivity contribution in [2.45, 2.75) is 39.1 Å². The smallest absolute Gasteiger partial charge is 0.331 e. The number of methoxy groups -OCH3 is 1. The third-order valence-corrected chi connectivity index (χ3v) is 6.64. The predicted molar refractivity (Wildman–Crippen MR) is 144 cm³/mol. The van der Waals surface area contributed by atoms with Gasteiger partial charge in [-0.2, -0.15) is 0 Å². The number of hydrogen-bond donors (Lipinski definition) is 3. The van der Waals surface area contributed by atoms with E-state index in [4.69, 9.17) is 9.47 Å². The third kappa shape index (κ3) is 5.70.